The number of rotatable bonds is 10. The molecule has 0 aliphatic rings. The Balaban J connectivity index is 1.38. The highest BCUT2D eigenvalue weighted by Crippen LogP contribution is 2.18. The van der Waals surface area contributed by atoms with Crippen LogP contribution in [0.5, 0.6) is 0 Å². The van der Waals surface area contributed by atoms with Gasteiger partial charge in [0.25, 0.3) is 0 Å². The third-order valence-corrected chi connectivity index (χ3v) is 4.87. The van der Waals surface area contributed by atoms with Crippen LogP contribution in [-0.2, 0) is 24.1 Å². The molecule has 28 heavy (non-hydrogen) atoms. The van der Waals surface area contributed by atoms with E-state index in [9.17, 15) is 4.79 Å². The Morgan fingerprint density at radius 3 is 2.46 bits per heavy atom. The van der Waals surface area contributed by atoms with E-state index >= 15 is 0 Å². The zero-order valence-electron chi connectivity index (χ0n) is 16.4. The Morgan fingerprint density at radius 1 is 1.04 bits per heavy atom. The van der Waals surface area contributed by atoms with Crippen molar-refractivity contribution in [3.8, 4) is 0 Å². The highest BCUT2D eigenvalue weighted by Gasteiger charge is 2.20. The summed E-state index contributed by atoms with van der Waals surface area (Å²) in [6, 6.07) is 12.0. The lowest BCUT2D eigenvalue weighted by Crippen LogP contribution is -2.30. The molecule has 0 spiro atoms. The summed E-state index contributed by atoms with van der Waals surface area (Å²) >= 11 is 0. The Hall–Kier alpha value is -2.96. The largest absolute Gasteiger partial charge is 0.425 e. The number of carbonyl (C=O) groups is 1. The third kappa shape index (κ3) is 5.52. The topological polar surface area (TPSA) is 85.3 Å². The van der Waals surface area contributed by atoms with E-state index in [1.54, 1.807) is 18.0 Å². The van der Waals surface area contributed by atoms with E-state index in [4.69, 9.17) is 8.94 Å². The van der Waals surface area contributed by atoms with Gasteiger partial charge in [0, 0.05) is 32.4 Å². The number of nitrogens with zero attached hydrogens (tertiary/aromatic N) is 4. The monoisotopic (exact) mass is 382 g/mol. The van der Waals surface area contributed by atoms with Crippen LogP contribution in [0.25, 0.3) is 0 Å². The van der Waals surface area contributed by atoms with Gasteiger partial charge in [0.1, 0.15) is 12.0 Å². The predicted octanol–water partition coefficient (Wildman–Crippen LogP) is 3.78. The molecule has 2 aromatic heterocycles. The minimum atomic E-state index is -0.144. The molecular formula is C21H26N4O3. The molecular weight excluding hydrogens is 356 g/mol. The summed E-state index contributed by atoms with van der Waals surface area (Å²) in [7, 11) is 1.76. The fraction of sp³-hybridized carbons (Fsp3) is 0.429. The average Bonchev–Trinajstić information content (AvgIpc) is 3.41. The van der Waals surface area contributed by atoms with E-state index in [-0.39, 0.29) is 11.9 Å². The van der Waals surface area contributed by atoms with Crippen molar-refractivity contribution in [3.05, 3.63) is 65.7 Å². The van der Waals surface area contributed by atoms with Crippen LogP contribution in [0, 0.1) is 0 Å². The van der Waals surface area contributed by atoms with Crippen LogP contribution in [0.1, 0.15) is 55.3 Å². The van der Waals surface area contributed by atoms with Crippen LogP contribution < -0.4 is 0 Å². The molecule has 2 heterocycles. The average molecular weight is 382 g/mol. The first-order valence-electron chi connectivity index (χ1n) is 9.64. The second-order valence-corrected chi connectivity index (χ2v) is 6.89. The third-order valence-electron chi connectivity index (χ3n) is 4.87. The molecule has 1 atom stereocenters. The van der Waals surface area contributed by atoms with E-state index in [1.165, 1.54) is 11.8 Å². The highest BCUT2D eigenvalue weighted by atomic mass is 16.5. The summed E-state index contributed by atoms with van der Waals surface area (Å²) < 4.78 is 10.5. The number of unbranched alkanes of at least 4 members (excludes halogenated alkanes) is 1. The van der Waals surface area contributed by atoms with E-state index in [0.717, 1.165) is 31.4 Å². The number of hydrogen-bond acceptors (Lipinski definition) is 6. The van der Waals surface area contributed by atoms with Crippen molar-refractivity contribution in [1.29, 1.82) is 0 Å². The van der Waals surface area contributed by atoms with Crippen LogP contribution in [0.15, 0.2) is 51.6 Å². The van der Waals surface area contributed by atoms with E-state index in [2.05, 4.69) is 39.6 Å². The predicted molar refractivity (Wildman–Crippen MR) is 103 cm³/mol. The van der Waals surface area contributed by atoms with Crippen molar-refractivity contribution in [2.24, 2.45) is 0 Å². The molecule has 0 radical (unpaired) electrons. The maximum Gasteiger partial charge on any atom is 0.223 e. The first kappa shape index (κ1) is 19.8. The molecule has 0 saturated heterocycles. The minimum absolute atomic E-state index is 0.00175. The molecule has 1 amide bonds. The number of hydrogen-bond donors (Lipinski definition) is 0. The van der Waals surface area contributed by atoms with Crippen molar-refractivity contribution in [1.82, 2.24) is 20.3 Å². The second kappa shape index (κ2) is 9.82. The van der Waals surface area contributed by atoms with Gasteiger partial charge in [-0.05, 0) is 31.7 Å². The van der Waals surface area contributed by atoms with Crippen molar-refractivity contribution >= 4 is 5.91 Å². The SMILES string of the molecule is C[C@@H](c1ccon1)N(C)C(=O)CCc1nnc(CCCCc2ccccc2)o1. The molecule has 0 aliphatic carbocycles. The smallest absolute Gasteiger partial charge is 0.223 e. The van der Waals surface area contributed by atoms with Gasteiger partial charge in [0.15, 0.2) is 0 Å². The summed E-state index contributed by atoms with van der Waals surface area (Å²) in [6.45, 7) is 1.91. The number of carbonyl (C=O) groups excluding carboxylic acids is 1. The molecule has 0 saturated carbocycles. The molecule has 0 aliphatic heterocycles. The van der Waals surface area contributed by atoms with Gasteiger partial charge < -0.3 is 13.8 Å². The number of amides is 1. The summed E-state index contributed by atoms with van der Waals surface area (Å²) in [5.41, 5.74) is 2.07. The van der Waals surface area contributed by atoms with Crippen molar-refractivity contribution in [2.45, 2.75) is 51.5 Å². The van der Waals surface area contributed by atoms with Gasteiger partial charge >= 0.3 is 0 Å². The Morgan fingerprint density at radius 2 is 1.75 bits per heavy atom. The minimum Gasteiger partial charge on any atom is -0.425 e. The Labute approximate surface area is 164 Å². The van der Waals surface area contributed by atoms with Crippen molar-refractivity contribution < 1.29 is 13.7 Å². The molecule has 3 aromatic rings. The van der Waals surface area contributed by atoms with Gasteiger partial charge in [-0.1, -0.05) is 35.5 Å². The normalized spacial score (nSPS) is 12.1. The molecule has 0 unspecified atom stereocenters. The molecule has 7 nitrogen and oxygen atoms in total. The maximum atomic E-state index is 12.4. The molecule has 148 valence electrons. The van der Waals surface area contributed by atoms with Crippen LogP contribution in [0.2, 0.25) is 0 Å². The lowest BCUT2D eigenvalue weighted by Gasteiger charge is -2.22. The van der Waals surface area contributed by atoms with E-state index in [0.29, 0.717) is 24.6 Å². The molecule has 1 aromatic carbocycles. The fourth-order valence-electron chi connectivity index (χ4n) is 2.98. The van der Waals surface area contributed by atoms with Gasteiger partial charge in [-0.25, -0.2) is 0 Å². The van der Waals surface area contributed by atoms with Crippen LogP contribution in [0.3, 0.4) is 0 Å². The number of aryl methyl sites for hydroxylation is 3. The van der Waals surface area contributed by atoms with Gasteiger partial charge in [0.2, 0.25) is 17.7 Å². The fourth-order valence-corrected chi connectivity index (χ4v) is 2.98. The van der Waals surface area contributed by atoms with Gasteiger partial charge in [-0.3, -0.25) is 4.79 Å². The molecule has 7 heteroatoms. The molecule has 0 bridgehead atoms. The quantitative estimate of drug-likeness (QED) is 0.496. The van der Waals surface area contributed by atoms with Gasteiger partial charge in [0.05, 0.1) is 6.04 Å². The molecule has 0 fully saturated rings. The standard InChI is InChI=1S/C21H26N4O3/c1-16(18-14-15-27-24-18)25(2)21(26)13-12-20-23-22-19(28-20)11-7-6-10-17-8-4-3-5-9-17/h3-5,8-9,14-16H,6-7,10-13H2,1-2H3/t16-/m0/s1. The maximum absolute atomic E-state index is 12.4. The summed E-state index contributed by atoms with van der Waals surface area (Å²) in [5.74, 6) is 1.15. The van der Waals surface area contributed by atoms with Gasteiger partial charge in [-0.2, -0.15) is 0 Å². The summed E-state index contributed by atoms with van der Waals surface area (Å²) in [6.07, 6.45) is 6.13. The first-order valence-corrected chi connectivity index (χ1v) is 9.64. The Kier molecular flexibility index (Phi) is 6.94. The van der Waals surface area contributed by atoms with Crippen molar-refractivity contribution in [2.75, 3.05) is 7.05 Å². The lowest BCUT2D eigenvalue weighted by molar-refractivity contribution is -0.131. The zero-order chi connectivity index (χ0) is 19.8. The van der Waals surface area contributed by atoms with Gasteiger partial charge in [-0.15, -0.1) is 10.2 Å². The van der Waals surface area contributed by atoms with E-state index < -0.39 is 0 Å². The summed E-state index contributed by atoms with van der Waals surface area (Å²) in [4.78, 5) is 14.0. The van der Waals surface area contributed by atoms with Crippen LogP contribution >= 0.6 is 0 Å². The number of benzene rings is 1. The van der Waals surface area contributed by atoms with Crippen molar-refractivity contribution in [3.63, 3.8) is 0 Å². The summed E-state index contributed by atoms with van der Waals surface area (Å²) in [5, 5.41) is 12.0. The first-order chi connectivity index (χ1) is 13.6. The van der Waals surface area contributed by atoms with Crippen LogP contribution in [-0.4, -0.2) is 33.2 Å². The lowest BCUT2D eigenvalue weighted by atomic mass is 10.1. The Bertz CT molecular complexity index is 846. The zero-order valence-corrected chi connectivity index (χ0v) is 16.4. The number of aromatic nitrogens is 3. The van der Waals surface area contributed by atoms with Crippen LogP contribution in [0.4, 0.5) is 0 Å². The molecule has 3 rings (SSSR count). The van der Waals surface area contributed by atoms with E-state index in [1.807, 2.05) is 13.0 Å². The highest BCUT2D eigenvalue weighted by molar-refractivity contribution is 5.76. The molecule has 0 N–H and O–H groups in total. The second-order valence-electron chi connectivity index (χ2n) is 6.89.